The Hall–Kier alpha value is -1.75. The predicted molar refractivity (Wildman–Crippen MR) is 76.7 cm³/mol. The summed E-state index contributed by atoms with van der Waals surface area (Å²) in [5.41, 5.74) is 0. The number of hydrogen-bond donors (Lipinski definition) is 1. The molecule has 1 N–H and O–H groups in total. The largest absolute Gasteiger partial charge is 0.485 e. The molecule has 0 spiro atoms. The first-order valence-electron chi connectivity index (χ1n) is 7.71. The van der Waals surface area contributed by atoms with E-state index in [2.05, 4.69) is 0 Å². The maximum Gasteiger partial charge on any atom is 0.351 e. The Balaban J connectivity index is 1.44. The molecule has 114 valence electrons. The van der Waals surface area contributed by atoms with Crippen LogP contribution >= 0.6 is 0 Å². The molecule has 0 aromatic heterocycles. The van der Waals surface area contributed by atoms with Crippen molar-refractivity contribution in [3.05, 3.63) is 24.3 Å². The summed E-state index contributed by atoms with van der Waals surface area (Å²) in [5.74, 6) is 0.951. The third-order valence-electron chi connectivity index (χ3n) is 4.03. The van der Waals surface area contributed by atoms with E-state index in [1.807, 2.05) is 18.2 Å². The van der Waals surface area contributed by atoms with Crippen molar-refractivity contribution in [2.24, 2.45) is 0 Å². The van der Waals surface area contributed by atoms with Crippen molar-refractivity contribution in [2.45, 2.75) is 25.4 Å². The number of benzene rings is 1. The zero-order valence-electron chi connectivity index (χ0n) is 12.2. The normalized spacial score (nSPS) is 21.8. The van der Waals surface area contributed by atoms with Crippen LogP contribution < -0.4 is 14.4 Å². The van der Waals surface area contributed by atoms with Gasteiger partial charge in [0.05, 0.1) is 13.1 Å². The van der Waals surface area contributed by atoms with Crippen molar-refractivity contribution in [3.63, 3.8) is 0 Å². The average molecular weight is 292 g/mol. The quantitative estimate of drug-likeness (QED) is 0.818. The molecular formula is C16H22NO4+. The fraction of sp³-hybridized carbons (Fsp3) is 0.562. The molecule has 1 atom stereocenters. The topological polar surface area (TPSA) is 49.2 Å². The Kier molecular flexibility index (Phi) is 4.60. The van der Waals surface area contributed by atoms with Gasteiger partial charge in [-0.05, 0) is 31.4 Å². The van der Waals surface area contributed by atoms with E-state index in [0.29, 0.717) is 18.1 Å². The fourth-order valence-electron chi connectivity index (χ4n) is 2.83. The van der Waals surface area contributed by atoms with Crippen LogP contribution in [0.4, 0.5) is 0 Å². The number of likely N-dealkylation sites (tertiary alicyclic amines) is 1. The Bertz CT molecular complexity index is 485. The van der Waals surface area contributed by atoms with Gasteiger partial charge in [0, 0.05) is 0 Å². The van der Waals surface area contributed by atoms with Crippen LogP contribution in [0.5, 0.6) is 11.5 Å². The second kappa shape index (κ2) is 6.80. The third-order valence-corrected chi connectivity index (χ3v) is 4.03. The Morgan fingerprint density at radius 1 is 1.19 bits per heavy atom. The summed E-state index contributed by atoms with van der Waals surface area (Å²) in [6, 6.07) is 7.36. The van der Waals surface area contributed by atoms with Crippen molar-refractivity contribution < 1.29 is 23.9 Å². The van der Waals surface area contributed by atoms with Crippen LogP contribution in [-0.4, -0.2) is 44.9 Å². The van der Waals surface area contributed by atoms with Gasteiger partial charge >= 0.3 is 5.97 Å². The molecule has 1 aromatic carbocycles. The van der Waals surface area contributed by atoms with Crippen LogP contribution in [0, 0.1) is 0 Å². The first-order chi connectivity index (χ1) is 10.3. The molecule has 1 saturated heterocycles. The number of piperidine rings is 1. The Labute approximate surface area is 124 Å². The lowest BCUT2D eigenvalue weighted by Gasteiger charge is -2.26. The van der Waals surface area contributed by atoms with Gasteiger partial charge in [-0.1, -0.05) is 12.1 Å². The molecule has 5 heteroatoms. The SMILES string of the molecule is O=C(OCC[NH+]1CCCCC1)[C@@H]1COc2ccccc2O1. The van der Waals surface area contributed by atoms with E-state index < -0.39 is 6.10 Å². The average Bonchev–Trinajstić information content (AvgIpc) is 2.55. The van der Waals surface area contributed by atoms with Gasteiger partial charge in [-0.15, -0.1) is 0 Å². The second-order valence-corrected chi connectivity index (χ2v) is 5.59. The van der Waals surface area contributed by atoms with E-state index in [-0.39, 0.29) is 12.6 Å². The van der Waals surface area contributed by atoms with E-state index in [1.54, 1.807) is 6.07 Å². The van der Waals surface area contributed by atoms with Crippen molar-refractivity contribution >= 4 is 5.97 Å². The van der Waals surface area contributed by atoms with Gasteiger partial charge in [-0.3, -0.25) is 0 Å². The summed E-state index contributed by atoms with van der Waals surface area (Å²) < 4.78 is 16.5. The molecule has 21 heavy (non-hydrogen) atoms. The van der Waals surface area contributed by atoms with Crippen molar-refractivity contribution in [1.82, 2.24) is 0 Å². The number of fused-ring (bicyclic) bond motifs is 1. The molecule has 2 heterocycles. The van der Waals surface area contributed by atoms with Crippen LogP contribution in [0.1, 0.15) is 19.3 Å². The highest BCUT2D eigenvalue weighted by Gasteiger charge is 2.28. The van der Waals surface area contributed by atoms with Gasteiger partial charge in [0.1, 0.15) is 19.8 Å². The van der Waals surface area contributed by atoms with E-state index in [9.17, 15) is 4.79 Å². The predicted octanol–water partition coefficient (Wildman–Crippen LogP) is 0.438. The van der Waals surface area contributed by atoms with Crippen LogP contribution in [-0.2, 0) is 9.53 Å². The molecule has 5 nitrogen and oxygen atoms in total. The maximum absolute atomic E-state index is 12.0. The van der Waals surface area contributed by atoms with Crippen molar-refractivity contribution in [3.8, 4) is 11.5 Å². The van der Waals surface area contributed by atoms with Crippen molar-refractivity contribution in [2.75, 3.05) is 32.8 Å². The third kappa shape index (κ3) is 3.67. The summed E-state index contributed by atoms with van der Waals surface area (Å²) >= 11 is 0. The van der Waals surface area contributed by atoms with Crippen LogP contribution in [0.3, 0.4) is 0 Å². The van der Waals surface area contributed by atoms with E-state index in [1.165, 1.54) is 37.3 Å². The number of carbonyl (C=O) groups is 1. The molecule has 2 aliphatic heterocycles. The number of rotatable bonds is 4. The zero-order chi connectivity index (χ0) is 14.5. The van der Waals surface area contributed by atoms with Gasteiger partial charge in [-0.2, -0.15) is 0 Å². The summed E-state index contributed by atoms with van der Waals surface area (Å²) in [4.78, 5) is 13.5. The number of carbonyl (C=O) groups excluding carboxylic acids is 1. The lowest BCUT2D eigenvalue weighted by Crippen LogP contribution is -3.13. The number of hydrogen-bond acceptors (Lipinski definition) is 4. The highest BCUT2D eigenvalue weighted by molar-refractivity contribution is 5.75. The number of nitrogens with one attached hydrogen (secondary N) is 1. The summed E-state index contributed by atoms with van der Waals surface area (Å²) in [5, 5.41) is 0. The summed E-state index contributed by atoms with van der Waals surface area (Å²) in [7, 11) is 0. The standard InChI is InChI=1S/C16H21NO4/c18-16(19-11-10-17-8-4-1-5-9-17)15-12-20-13-6-2-3-7-14(13)21-15/h2-3,6-7,15H,1,4-5,8-12H2/p+1/t15-/m0/s1. The van der Waals surface area contributed by atoms with E-state index in [0.717, 1.165) is 6.54 Å². The maximum atomic E-state index is 12.0. The number of quaternary nitrogens is 1. The molecule has 0 bridgehead atoms. The van der Waals surface area contributed by atoms with Crippen LogP contribution in [0.25, 0.3) is 0 Å². The molecule has 0 aliphatic carbocycles. The molecule has 0 saturated carbocycles. The van der Waals surface area contributed by atoms with Gasteiger partial charge in [-0.25, -0.2) is 4.79 Å². The minimum atomic E-state index is -0.656. The first kappa shape index (κ1) is 14.2. The summed E-state index contributed by atoms with van der Waals surface area (Å²) in [6.45, 7) is 3.93. The van der Waals surface area contributed by atoms with Gasteiger partial charge in [0.25, 0.3) is 0 Å². The second-order valence-electron chi connectivity index (χ2n) is 5.59. The first-order valence-corrected chi connectivity index (χ1v) is 7.71. The highest BCUT2D eigenvalue weighted by atomic mass is 16.6. The van der Waals surface area contributed by atoms with Crippen LogP contribution in [0.2, 0.25) is 0 Å². The molecule has 1 aromatic rings. The van der Waals surface area contributed by atoms with E-state index >= 15 is 0 Å². The Morgan fingerprint density at radius 3 is 2.76 bits per heavy atom. The summed E-state index contributed by atoms with van der Waals surface area (Å²) in [6.07, 6.45) is 3.23. The molecule has 1 fully saturated rings. The highest BCUT2D eigenvalue weighted by Crippen LogP contribution is 2.30. The minimum absolute atomic E-state index is 0.215. The minimum Gasteiger partial charge on any atom is -0.485 e. The number of esters is 1. The molecule has 0 radical (unpaired) electrons. The molecule has 0 unspecified atom stereocenters. The fourth-order valence-corrected chi connectivity index (χ4v) is 2.83. The molecular weight excluding hydrogens is 270 g/mol. The van der Waals surface area contributed by atoms with Gasteiger partial charge in [0.15, 0.2) is 11.5 Å². The lowest BCUT2D eigenvalue weighted by molar-refractivity contribution is -0.905. The van der Waals surface area contributed by atoms with Crippen molar-refractivity contribution in [1.29, 1.82) is 0 Å². The van der Waals surface area contributed by atoms with Gasteiger partial charge < -0.3 is 19.1 Å². The molecule has 3 rings (SSSR count). The monoisotopic (exact) mass is 292 g/mol. The Morgan fingerprint density at radius 2 is 1.95 bits per heavy atom. The molecule has 0 amide bonds. The lowest BCUT2D eigenvalue weighted by atomic mass is 10.1. The van der Waals surface area contributed by atoms with Gasteiger partial charge in [0.2, 0.25) is 6.10 Å². The number of para-hydroxylation sites is 2. The number of ether oxygens (including phenoxy) is 3. The molecule has 2 aliphatic rings. The smallest absolute Gasteiger partial charge is 0.351 e. The van der Waals surface area contributed by atoms with Crippen LogP contribution in [0.15, 0.2) is 24.3 Å². The zero-order valence-corrected chi connectivity index (χ0v) is 12.2. The van der Waals surface area contributed by atoms with E-state index in [4.69, 9.17) is 14.2 Å².